The van der Waals surface area contributed by atoms with Crippen molar-refractivity contribution in [3.05, 3.63) is 0 Å². The molecule has 0 fully saturated rings. The summed E-state index contributed by atoms with van der Waals surface area (Å²) in [6.07, 6.45) is 1.54. The number of amides is 4. The van der Waals surface area contributed by atoms with E-state index in [-0.39, 0.29) is 29.9 Å². The molecule has 10 nitrogen and oxygen atoms in total. The molecule has 12 heteroatoms. The monoisotopic (exact) mass is 462 g/mol. The highest BCUT2D eigenvalue weighted by Gasteiger charge is 2.31. The lowest BCUT2D eigenvalue weighted by atomic mass is 10.0. The van der Waals surface area contributed by atoms with Crippen LogP contribution in [0.15, 0.2) is 0 Å². The Morgan fingerprint density at radius 3 is 1.73 bits per heavy atom. The van der Waals surface area contributed by atoms with Gasteiger partial charge >= 0.3 is 0 Å². The van der Waals surface area contributed by atoms with Crippen LogP contribution in [-0.4, -0.2) is 72.1 Å². The molecule has 1 unspecified atom stereocenters. The zero-order chi connectivity index (χ0) is 23.4. The molecule has 0 aliphatic carbocycles. The van der Waals surface area contributed by atoms with E-state index in [1.807, 2.05) is 0 Å². The van der Waals surface area contributed by atoms with E-state index in [2.05, 4.69) is 46.5 Å². The molecule has 0 heterocycles. The van der Waals surface area contributed by atoms with Gasteiger partial charge in [0, 0.05) is 11.5 Å². The fourth-order valence-corrected chi connectivity index (χ4v) is 2.78. The van der Waals surface area contributed by atoms with Crippen molar-refractivity contribution in [3.63, 3.8) is 0 Å². The van der Waals surface area contributed by atoms with Crippen LogP contribution in [0.4, 0.5) is 0 Å². The van der Waals surface area contributed by atoms with Crippen molar-refractivity contribution in [1.82, 2.24) is 21.3 Å². The average Bonchev–Trinajstić information content (AvgIpc) is 2.70. The molecule has 0 aliphatic heterocycles. The molecule has 4 atom stereocenters. The Morgan fingerprint density at radius 2 is 1.30 bits per heavy atom. The quantitative estimate of drug-likeness (QED) is 0.159. The highest BCUT2D eigenvalue weighted by atomic mass is 32.1. The Bertz CT molecular complexity index is 618. The number of hydrogen-bond acceptors (Lipinski definition) is 8. The first-order valence-electron chi connectivity index (χ1n) is 9.51. The third-order valence-electron chi connectivity index (χ3n) is 4.18. The number of rotatable bonds is 13. The largest absolute Gasteiger partial charge is 0.347 e. The van der Waals surface area contributed by atoms with Crippen LogP contribution in [0.2, 0.25) is 0 Å². The van der Waals surface area contributed by atoms with Gasteiger partial charge in [-0.3, -0.25) is 24.0 Å². The fourth-order valence-electron chi connectivity index (χ4n) is 2.36. The molecule has 0 aliphatic rings. The van der Waals surface area contributed by atoms with Gasteiger partial charge in [-0.05, 0) is 11.8 Å². The van der Waals surface area contributed by atoms with Crippen LogP contribution in [0.5, 0.6) is 0 Å². The smallest absolute Gasteiger partial charge is 0.244 e. The molecular formula is C18H32N5O5S2. The summed E-state index contributed by atoms with van der Waals surface area (Å²) in [6, 6.07) is -3.77. The molecule has 0 aromatic rings. The van der Waals surface area contributed by atoms with Crippen molar-refractivity contribution in [2.24, 2.45) is 17.6 Å². The number of thiol groups is 2. The summed E-state index contributed by atoms with van der Waals surface area (Å²) in [5.41, 5.74) is 5.63. The minimum atomic E-state index is -1.05. The van der Waals surface area contributed by atoms with E-state index in [0.29, 0.717) is 0 Å². The predicted molar refractivity (Wildman–Crippen MR) is 120 cm³/mol. The summed E-state index contributed by atoms with van der Waals surface area (Å²) < 4.78 is 0. The molecule has 0 saturated heterocycles. The molecule has 0 bridgehead atoms. The Labute approximate surface area is 188 Å². The van der Waals surface area contributed by atoms with E-state index in [1.54, 1.807) is 34.0 Å². The standard InChI is InChI=1S/C18H32N5O5S2/c1-9(2)13(17(27)20-5-6-24)23-16(26)12(8-30)21-18(28)14(10(3)4)22-15(25)11(19)7-29/h9-14,29-30H,5,7-8,19H2,1-4H3,(H,20,27)(H,21,28)(H,22,25)(H,23,26)/t11?,12-,13-,14-/m0/s1. The zero-order valence-electron chi connectivity index (χ0n) is 17.6. The highest BCUT2D eigenvalue weighted by molar-refractivity contribution is 7.80. The van der Waals surface area contributed by atoms with Crippen LogP contribution in [-0.2, 0) is 24.0 Å². The first-order chi connectivity index (χ1) is 14.0. The molecule has 0 aromatic heterocycles. The van der Waals surface area contributed by atoms with E-state index in [0.717, 1.165) is 0 Å². The van der Waals surface area contributed by atoms with Crippen molar-refractivity contribution in [3.8, 4) is 0 Å². The normalized spacial score (nSPS) is 15.0. The summed E-state index contributed by atoms with van der Waals surface area (Å²) in [5.74, 6) is -2.76. The number of nitrogens with two attached hydrogens (primary N) is 1. The molecule has 0 spiro atoms. The van der Waals surface area contributed by atoms with Crippen molar-refractivity contribution < 1.29 is 24.0 Å². The molecule has 1 radical (unpaired) electrons. The van der Waals surface area contributed by atoms with E-state index in [4.69, 9.17) is 5.73 Å². The number of carbonyl (C=O) groups is 4. The predicted octanol–water partition coefficient (Wildman–Crippen LogP) is -1.83. The second-order valence-corrected chi connectivity index (χ2v) is 8.09. The molecule has 0 rings (SSSR count). The van der Waals surface area contributed by atoms with Gasteiger partial charge in [-0.1, -0.05) is 27.7 Å². The molecule has 0 aromatic carbocycles. The maximum Gasteiger partial charge on any atom is 0.244 e. The van der Waals surface area contributed by atoms with Gasteiger partial charge in [0.15, 0.2) is 0 Å². The molecule has 30 heavy (non-hydrogen) atoms. The molecule has 6 N–H and O–H groups in total. The first kappa shape index (κ1) is 28.2. The van der Waals surface area contributed by atoms with Gasteiger partial charge in [0.25, 0.3) is 0 Å². The summed E-state index contributed by atoms with van der Waals surface area (Å²) in [7, 11) is 0. The maximum absolute atomic E-state index is 12.7. The van der Waals surface area contributed by atoms with Crippen molar-refractivity contribution in [2.75, 3.05) is 18.1 Å². The van der Waals surface area contributed by atoms with Crippen LogP contribution >= 0.6 is 25.3 Å². The Kier molecular flexibility index (Phi) is 13.4. The SMILES string of the molecule is CC(C)[C@H](NC(=O)C(N)CS)C(=O)N[C@@H](CS)C(=O)N[C@H](C(=O)NC[C]=O)C(C)C. The van der Waals surface area contributed by atoms with Crippen LogP contribution in [0.25, 0.3) is 0 Å². The molecule has 0 saturated carbocycles. The minimum Gasteiger partial charge on any atom is -0.347 e. The van der Waals surface area contributed by atoms with Gasteiger partial charge in [0.05, 0.1) is 12.6 Å². The van der Waals surface area contributed by atoms with Crippen molar-refractivity contribution in [2.45, 2.75) is 51.9 Å². The van der Waals surface area contributed by atoms with Crippen molar-refractivity contribution >= 4 is 55.2 Å². The summed E-state index contributed by atoms with van der Waals surface area (Å²) in [4.78, 5) is 59.8. The molecule has 171 valence electrons. The Morgan fingerprint density at radius 1 is 0.800 bits per heavy atom. The number of hydrogen-bond donors (Lipinski definition) is 7. The maximum atomic E-state index is 12.7. The van der Waals surface area contributed by atoms with Gasteiger partial charge in [0.2, 0.25) is 29.9 Å². The Hall–Kier alpha value is -1.79. The number of nitrogens with one attached hydrogen (secondary N) is 4. The minimum absolute atomic E-state index is 0.0406. The van der Waals surface area contributed by atoms with Gasteiger partial charge in [-0.25, -0.2) is 0 Å². The van der Waals surface area contributed by atoms with Crippen LogP contribution < -0.4 is 27.0 Å². The first-order valence-corrected chi connectivity index (χ1v) is 10.8. The van der Waals surface area contributed by atoms with Gasteiger partial charge in [-0.2, -0.15) is 25.3 Å². The molecular weight excluding hydrogens is 430 g/mol. The topological polar surface area (TPSA) is 159 Å². The number of carbonyl (C=O) groups excluding carboxylic acids is 5. The van der Waals surface area contributed by atoms with E-state index < -0.39 is 47.8 Å². The third kappa shape index (κ3) is 9.35. The lowest BCUT2D eigenvalue weighted by molar-refractivity contribution is -0.134. The van der Waals surface area contributed by atoms with Crippen LogP contribution in [0.1, 0.15) is 27.7 Å². The van der Waals surface area contributed by atoms with E-state index >= 15 is 0 Å². The van der Waals surface area contributed by atoms with Gasteiger partial charge in [-0.15, -0.1) is 0 Å². The van der Waals surface area contributed by atoms with E-state index in [9.17, 15) is 24.0 Å². The lowest BCUT2D eigenvalue weighted by Crippen LogP contribution is -2.60. The van der Waals surface area contributed by atoms with Gasteiger partial charge < -0.3 is 27.0 Å². The second kappa shape index (κ2) is 14.3. The van der Waals surface area contributed by atoms with Crippen molar-refractivity contribution in [1.29, 1.82) is 0 Å². The zero-order valence-corrected chi connectivity index (χ0v) is 19.4. The average molecular weight is 463 g/mol. The van der Waals surface area contributed by atoms with Gasteiger partial charge in [0.1, 0.15) is 18.1 Å². The summed E-state index contributed by atoms with van der Waals surface area (Å²) in [5, 5.41) is 9.99. The second-order valence-electron chi connectivity index (χ2n) is 7.36. The lowest BCUT2D eigenvalue weighted by Gasteiger charge is -2.27. The van der Waals surface area contributed by atoms with Crippen LogP contribution in [0.3, 0.4) is 0 Å². The summed E-state index contributed by atoms with van der Waals surface area (Å²) in [6.45, 7) is 6.61. The fraction of sp³-hybridized carbons (Fsp3) is 0.722. The third-order valence-corrected chi connectivity index (χ3v) is 4.94. The summed E-state index contributed by atoms with van der Waals surface area (Å²) >= 11 is 8.07. The molecule has 4 amide bonds. The Balaban J connectivity index is 5.21. The highest BCUT2D eigenvalue weighted by Crippen LogP contribution is 2.06. The van der Waals surface area contributed by atoms with Crippen LogP contribution in [0, 0.1) is 11.8 Å². The van der Waals surface area contributed by atoms with E-state index in [1.165, 1.54) is 0 Å².